The Balaban J connectivity index is 4.67. The summed E-state index contributed by atoms with van der Waals surface area (Å²) in [4.78, 5) is 0. The fourth-order valence-corrected chi connectivity index (χ4v) is 2.48. The molecule has 0 aliphatic rings. The molecule has 2 heteroatoms. The second kappa shape index (κ2) is 5.61. The summed E-state index contributed by atoms with van der Waals surface area (Å²) in [6.07, 6.45) is 3.46. The van der Waals surface area contributed by atoms with Gasteiger partial charge in [-0.25, -0.2) is 0 Å². The second-order valence-corrected chi connectivity index (χ2v) is 4.09. The highest BCUT2D eigenvalue weighted by Gasteiger charge is 2.36. The topological polar surface area (TPSA) is 52.0 Å². The molecule has 80 valence electrons. The molecule has 4 N–H and O–H groups in total. The van der Waals surface area contributed by atoms with Gasteiger partial charge in [-0.15, -0.1) is 0 Å². The van der Waals surface area contributed by atoms with Crippen LogP contribution in [0.4, 0.5) is 0 Å². The lowest BCUT2D eigenvalue weighted by atomic mass is 9.66. The van der Waals surface area contributed by atoms with Gasteiger partial charge in [0.15, 0.2) is 0 Å². The first-order chi connectivity index (χ1) is 6.08. The fourth-order valence-electron chi connectivity index (χ4n) is 2.48. The maximum absolute atomic E-state index is 6.12. The van der Waals surface area contributed by atoms with Crippen molar-refractivity contribution in [2.24, 2.45) is 22.8 Å². The summed E-state index contributed by atoms with van der Waals surface area (Å²) < 4.78 is 0. The van der Waals surface area contributed by atoms with Gasteiger partial charge in [0.2, 0.25) is 0 Å². The van der Waals surface area contributed by atoms with Crippen molar-refractivity contribution in [3.63, 3.8) is 0 Å². The molecule has 0 bridgehead atoms. The zero-order valence-corrected chi connectivity index (χ0v) is 9.64. The molecule has 0 aromatic rings. The third-order valence-electron chi connectivity index (χ3n) is 3.90. The third-order valence-corrected chi connectivity index (χ3v) is 3.90. The van der Waals surface area contributed by atoms with Crippen LogP contribution in [0.15, 0.2) is 0 Å². The maximum atomic E-state index is 6.12. The summed E-state index contributed by atoms with van der Waals surface area (Å²) in [5.74, 6) is 0.668. The first kappa shape index (κ1) is 12.9. The molecule has 2 nitrogen and oxygen atoms in total. The first-order valence-corrected chi connectivity index (χ1v) is 5.54. The second-order valence-electron chi connectivity index (χ2n) is 4.09. The van der Waals surface area contributed by atoms with Gasteiger partial charge in [0, 0.05) is 12.6 Å². The Hall–Kier alpha value is -0.0800. The number of hydrogen-bond acceptors (Lipinski definition) is 2. The van der Waals surface area contributed by atoms with Crippen molar-refractivity contribution in [1.82, 2.24) is 0 Å². The summed E-state index contributed by atoms with van der Waals surface area (Å²) in [6.45, 7) is 9.58. The summed E-state index contributed by atoms with van der Waals surface area (Å²) in [6, 6.07) is 0.150. The van der Waals surface area contributed by atoms with Crippen LogP contribution in [-0.4, -0.2) is 12.6 Å². The van der Waals surface area contributed by atoms with Gasteiger partial charge < -0.3 is 11.5 Å². The van der Waals surface area contributed by atoms with Crippen LogP contribution in [0.5, 0.6) is 0 Å². The van der Waals surface area contributed by atoms with Gasteiger partial charge in [0.25, 0.3) is 0 Å². The number of nitrogens with two attached hydrogens (primary N) is 2. The minimum Gasteiger partial charge on any atom is -0.329 e. The van der Waals surface area contributed by atoms with Crippen LogP contribution in [0.1, 0.15) is 47.0 Å². The Morgan fingerprint density at radius 1 is 1.15 bits per heavy atom. The molecule has 13 heavy (non-hydrogen) atoms. The molecule has 0 aliphatic carbocycles. The molecule has 0 heterocycles. The Morgan fingerprint density at radius 2 is 1.62 bits per heavy atom. The SMILES string of the molecule is CCC(C)C(CC)(CC)C(N)CN. The normalized spacial score (nSPS) is 17.1. The molecule has 0 saturated carbocycles. The minimum absolute atomic E-state index is 0.150. The largest absolute Gasteiger partial charge is 0.329 e. The van der Waals surface area contributed by atoms with Gasteiger partial charge in [-0.2, -0.15) is 0 Å². The average Bonchev–Trinajstić information content (AvgIpc) is 2.19. The summed E-state index contributed by atoms with van der Waals surface area (Å²) in [5, 5.41) is 0. The van der Waals surface area contributed by atoms with Gasteiger partial charge in [0.05, 0.1) is 0 Å². The maximum Gasteiger partial charge on any atom is 0.0222 e. The zero-order valence-electron chi connectivity index (χ0n) is 9.64. The standard InChI is InChI=1S/C11H26N2/c1-5-9(4)11(6-2,7-3)10(13)8-12/h9-10H,5-8,12-13H2,1-4H3. The minimum atomic E-state index is 0.150. The monoisotopic (exact) mass is 186 g/mol. The van der Waals surface area contributed by atoms with E-state index in [0.717, 1.165) is 12.8 Å². The lowest BCUT2D eigenvalue weighted by molar-refractivity contribution is 0.114. The van der Waals surface area contributed by atoms with E-state index < -0.39 is 0 Å². The Bertz CT molecular complexity index is 118. The van der Waals surface area contributed by atoms with Crippen LogP contribution in [0.3, 0.4) is 0 Å². The molecular weight excluding hydrogens is 160 g/mol. The van der Waals surface area contributed by atoms with Crippen molar-refractivity contribution >= 4 is 0 Å². The highest BCUT2D eigenvalue weighted by Crippen LogP contribution is 2.39. The molecule has 0 amide bonds. The van der Waals surface area contributed by atoms with E-state index in [1.807, 2.05) is 0 Å². The van der Waals surface area contributed by atoms with Crippen molar-refractivity contribution in [2.45, 2.75) is 53.0 Å². The third kappa shape index (κ3) is 2.44. The summed E-state index contributed by atoms with van der Waals surface area (Å²) in [7, 11) is 0. The van der Waals surface area contributed by atoms with E-state index >= 15 is 0 Å². The van der Waals surface area contributed by atoms with E-state index in [1.54, 1.807) is 0 Å². The number of rotatable bonds is 6. The average molecular weight is 186 g/mol. The molecule has 0 rings (SSSR count). The smallest absolute Gasteiger partial charge is 0.0222 e. The van der Waals surface area contributed by atoms with Crippen molar-refractivity contribution in [3.8, 4) is 0 Å². The summed E-state index contributed by atoms with van der Waals surface area (Å²) >= 11 is 0. The van der Waals surface area contributed by atoms with E-state index in [1.165, 1.54) is 6.42 Å². The van der Waals surface area contributed by atoms with Crippen LogP contribution < -0.4 is 11.5 Å². The van der Waals surface area contributed by atoms with Gasteiger partial charge in [0.1, 0.15) is 0 Å². The quantitative estimate of drug-likeness (QED) is 0.667. The van der Waals surface area contributed by atoms with Crippen molar-refractivity contribution in [3.05, 3.63) is 0 Å². The molecule has 0 aromatic carbocycles. The molecule has 0 saturated heterocycles. The van der Waals surface area contributed by atoms with Crippen LogP contribution in [0, 0.1) is 11.3 Å². The van der Waals surface area contributed by atoms with E-state index in [2.05, 4.69) is 27.7 Å². The molecular formula is C11H26N2. The fraction of sp³-hybridized carbons (Fsp3) is 1.00. The van der Waals surface area contributed by atoms with Crippen LogP contribution in [0.25, 0.3) is 0 Å². The first-order valence-electron chi connectivity index (χ1n) is 5.54. The van der Waals surface area contributed by atoms with Crippen molar-refractivity contribution in [1.29, 1.82) is 0 Å². The lowest BCUT2D eigenvalue weighted by Crippen LogP contribution is -2.49. The van der Waals surface area contributed by atoms with E-state index in [4.69, 9.17) is 11.5 Å². The van der Waals surface area contributed by atoms with E-state index in [-0.39, 0.29) is 11.5 Å². The Labute approximate surface area is 83.1 Å². The molecule has 0 aromatic heterocycles. The molecule has 0 radical (unpaired) electrons. The molecule has 0 spiro atoms. The lowest BCUT2D eigenvalue weighted by Gasteiger charge is -2.42. The molecule has 0 aliphatic heterocycles. The van der Waals surface area contributed by atoms with Crippen LogP contribution in [0.2, 0.25) is 0 Å². The van der Waals surface area contributed by atoms with Gasteiger partial charge in [-0.05, 0) is 24.2 Å². The molecule has 0 fully saturated rings. The highest BCUT2D eigenvalue weighted by molar-refractivity contribution is 4.91. The highest BCUT2D eigenvalue weighted by atomic mass is 14.8. The van der Waals surface area contributed by atoms with Gasteiger partial charge in [-0.3, -0.25) is 0 Å². The van der Waals surface area contributed by atoms with Gasteiger partial charge in [-0.1, -0.05) is 34.1 Å². The zero-order chi connectivity index (χ0) is 10.5. The van der Waals surface area contributed by atoms with Crippen LogP contribution >= 0.6 is 0 Å². The predicted molar refractivity (Wildman–Crippen MR) is 59.5 cm³/mol. The molecule has 2 unspecified atom stereocenters. The van der Waals surface area contributed by atoms with E-state index in [9.17, 15) is 0 Å². The summed E-state index contributed by atoms with van der Waals surface area (Å²) in [5.41, 5.74) is 12.1. The van der Waals surface area contributed by atoms with Crippen molar-refractivity contribution in [2.75, 3.05) is 6.54 Å². The van der Waals surface area contributed by atoms with Crippen LogP contribution in [-0.2, 0) is 0 Å². The Kier molecular flexibility index (Phi) is 5.57. The predicted octanol–water partition coefficient (Wildman–Crippen LogP) is 2.12. The number of hydrogen-bond donors (Lipinski definition) is 2. The van der Waals surface area contributed by atoms with Gasteiger partial charge >= 0.3 is 0 Å². The molecule has 2 atom stereocenters. The Morgan fingerprint density at radius 3 is 1.85 bits per heavy atom. The van der Waals surface area contributed by atoms with E-state index in [0.29, 0.717) is 12.5 Å². The van der Waals surface area contributed by atoms with Crippen molar-refractivity contribution < 1.29 is 0 Å².